The molecular formula is C21H24N2O4. The predicted molar refractivity (Wildman–Crippen MR) is 104 cm³/mol. The van der Waals surface area contributed by atoms with Crippen molar-refractivity contribution in [3.63, 3.8) is 0 Å². The number of methoxy groups -OCH3 is 2. The van der Waals surface area contributed by atoms with Gasteiger partial charge in [0.1, 0.15) is 17.5 Å². The fourth-order valence-corrected chi connectivity index (χ4v) is 3.34. The molecule has 142 valence electrons. The van der Waals surface area contributed by atoms with Crippen molar-refractivity contribution in [2.24, 2.45) is 0 Å². The average Bonchev–Trinajstić information content (AvgIpc) is 2.69. The smallest absolute Gasteiger partial charge is 0.254 e. The molecule has 0 saturated carbocycles. The van der Waals surface area contributed by atoms with E-state index in [0.717, 1.165) is 5.56 Å². The van der Waals surface area contributed by atoms with Gasteiger partial charge in [-0.3, -0.25) is 9.59 Å². The molecule has 1 aliphatic rings. The molecule has 0 radical (unpaired) electrons. The maximum Gasteiger partial charge on any atom is 0.254 e. The molecule has 1 saturated heterocycles. The SMILES string of the molecule is COc1ccc(OC)c(N2CCN(C(=O)c3cccc(C)c3)[C@@H](C)C2=O)c1. The number of nitrogens with zero attached hydrogens (tertiary/aromatic N) is 2. The first-order valence-corrected chi connectivity index (χ1v) is 8.87. The lowest BCUT2D eigenvalue weighted by atomic mass is 10.1. The second-order valence-electron chi connectivity index (χ2n) is 6.57. The highest BCUT2D eigenvalue weighted by Crippen LogP contribution is 2.34. The van der Waals surface area contributed by atoms with Crippen LogP contribution in [0.3, 0.4) is 0 Å². The van der Waals surface area contributed by atoms with Crippen molar-refractivity contribution in [1.29, 1.82) is 0 Å². The van der Waals surface area contributed by atoms with Crippen molar-refractivity contribution in [1.82, 2.24) is 4.90 Å². The Hall–Kier alpha value is -3.02. The van der Waals surface area contributed by atoms with Gasteiger partial charge in [0.05, 0.1) is 19.9 Å². The van der Waals surface area contributed by atoms with Crippen LogP contribution in [0.1, 0.15) is 22.8 Å². The molecule has 0 aromatic heterocycles. The molecule has 1 fully saturated rings. The molecule has 2 aromatic rings. The molecule has 1 aliphatic heterocycles. The second kappa shape index (κ2) is 7.70. The summed E-state index contributed by atoms with van der Waals surface area (Å²) in [4.78, 5) is 29.2. The number of anilines is 1. The summed E-state index contributed by atoms with van der Waals surface area (Å²) in [7, 11) is 3.14. The molecule has 2 amide bonds. The molecular weight excluding hydrogens is 344 g/mol. The Morgan fingerprint density at radius 1 is 1.07 bits per heavy atom. The summed E-state index contributed by atoms with van der Waals surface area (Å²) in [6.07, 6.45) is 0. The van der Waals surface area contributed by atoms with Gasteiger partial charge in [-0.15, -0.1) is 0 Å². The molecule has 3 rings (SSSR count). The van der Waals surface area contributed by atoms with E-state index in [2.05, 4.69) is 0 Å². The third-order valence-corrected chi connectivity index (χ3v) is 4.86. The van der Waals surface area contributed by atoms with Crippen molar-refractivity contribution >= 4 is 17.5 Å². The first-order valence-electron chi connectivity index (χ1n) is 8.87. The molecule has 1 heterocycles. The standard InChI is InChI=1S/C21H24N2O4/c1-14-6-5-7-16(12-14)21(25)22-10-11-23(20(24)15(22)2)18-13-17(26-3)8-9-19(18)27-4/h5-9,12-13,15H,10-11H2,1-4H3/t15-/m0/s1. The number of carbonyl (C=O) groups excluding carboxylic acids is 2. The van der Waals surface area contributed by atoms with E-state index in [0.29, 0.717) is 35.8 Å². The summed E-state index contributed by atoms with van der Waals surface area (Å²) in [5, 5.41) is 0. The van der Waals surface area contributed by atoms with Crippen LogP contribution >= 0.6 is 0 Å². The van der Waals surface area contributed by atoms with Crippen LogP contribution in [0.4, 0.5) is 5.69 Å². The Labute approximate surface area is 159 Å². The first-order chi connectivity index (χ1) is 13.0. The summed E-state index contributed by atoms with van der Waals surface area (Å²) in [5.41, 5.74) is 2.26. The van der Waals surface area contributed by atoms with E-state index < -0.39 is 6.04 Å². The average molecular weight is 368 g/mol. The van der Waals surface area contributed by atoms with Crippen LogP contribution in [0.25, 0.3) is 0 Å². The van der Waals surface area contributed by atoms with E-state index in [9.17, 15) is 9.59 Å². The molecule has 0 aliphatic carbocycles. The van der Waals surface area contributed by atoms with E-state index in [1.807, 2.05) is 25.1 Å². The van der Waals surface area contributed by atoms with Crippen molar-refractivity contribution < 1.29 is 19.1 Å². The minimum atomic E-state index is -0.567. The third-order valence-electron chi connectivity index (χ3n) is 4.86. The van der Waals surface area contributed by atoms with Gasteiger partial charge in [-0.2, -0.15) is 0 Å². The minimum Gasteiger partial charge on any atom is -0.497 e. The Morgan fingerprint density at radius 3 is 2.52 bits per heavy atom. The number of piperazine rings is 1. The van der Waals surface area contributed by atoms with Crippen LogP contribution in [0, 0.1) is 6.92 Å². The molecule has 0 spiro atoms. The van der Waals surface area contributed by atoms with Crippen molar-refractivity contribution in [2.45, 2.75) is 19.9 Å². The maximum absolute atomic E-state index is 13.0. The molecule has 0 bridgehead atoms. The van der Waals surface area contributed by atoms with Gasteiger partial charge in [-0.25, -0.2) is 0 Å². The molecule has 6 heteroatoms. The number of hydrogen-bond acceptors (Lipinski definition) is 4. The van der Waals surface area contributed by atoms with Gasteiger partial charge in [0, 0.05) is 24.7 Å². The van der Waals surface area contributed by atoms with Crippen molar-refractivity contribution in [3.05, 3.63) is 53.6 Å². The van der Waals surface area contributed by atoms with Gasteiger partial charge >= 0.3 is 0 Å². The number of carbonyl (C=O) groups is 2. The quantitative estimate of drug-likeness (QED) is 0.833. The van der Waals surface area contributed by atoms with Crippen LogP contribution in [0.15, 0.2) is 42.5 Å². The highest BCUT2D eigenvalue weighted by molar-refractivity contribution is 6.04. The lowest BCUT2D eigenvalue weighted by Crippen LogP contribution is -2.57. The fraction of sp³-hybridized carbons (Fsp3) is 0.333. The van der Waals surface area contributed by atoms with Gasteiger partial charge < -0.3 is 19.3 Å². The molecule has 1 atom stereocenters. The Balaban J connectivity index is 1.86. The lowest BCUT2D eigenvalue weighted by Gasteiger charge is -2.39. The fourth-order valence-electron chi connectivity index (χ4n) is 3.34. The Bertz CT molecular complexity index is 865. The third kappa shape index (κ3) is 3.60. The number of rotatable bonds is 4. The van der Waals surface area contributed by atoms with E-state index >= 15 is 0 Å². The second-order valence-corrected chi connectivity index (χ2v) is 6.57. The summed E-state index contributed by atoms with van der Waals surface area (Å²) in [6, 6.07) is 12.2. The highest BCUT2D eigenvalue weighted by Gasteiger charge is 2.36. The summed E-state index contributed by atoms with van der Waals surface area (Å²) in [6.45, 7) is 4.54. The van der Waals surface area contributed by atoms with E-state index in [-0.39, 0.29) is 11.8 Å². The number of benzene rings is 2. The molecule has 27 heavy (non-hydrogen) atoms. The van der Waals surface area contributed by atoms with Gasteiger partial charge in [-0.05, 0) is 38.1 Å². The zero-order valence-electron chi connectivity index (χ0n) is 16.1. The van der Waals surface area contributed by atoms with Crippen LogP contribution in [-0.4, -0.2) is 50.1 Å². The zero-order chi connectivity index (χ0) is 19.6. The summed E-state index contributed by atoms with van der Waals surface area (Å²) >= 11 is 0. The van der Waals surface area contributed by atoms with Crippen molar-refractivity contribution in [2.75, 3.05) is 32.2 Å². The van der Waals surface area contributed by atoms with Gasteiger partial charge in [0.2, 0.25) is 5.91 Å². The number of hydrogen-bond donors (Lipinski definition) is 0. The predicted octanol–water partition coefficient (Wildman–Crippen LogP) is 2.89. The van der Waals surface area contributed by atoms with Crippen LogP contribution < -0.4 is 14.4 Å². The molecule has 6 nitrogen and oxygen atoms in total. The normalized spacial score (nSPS) is 17.0. The molecule has 0 unspecified atom stereocenters. The van der Waals surface area contributed by atoms with Crippen LogP contribution in [-0.2, 0) is 4.79 Å². The highest BCUT2D eigenvalue weighted by atomic mass is 16.5. The van der Waals surface area contributed by atoms with E-state index in [1.54, 1.807) is 55.2 Å². The van der Waals surface area contributed by atoms with Gasteiger partial charge in [0.25, 0.3) is 5.91 Å². The van der Waals surface area contributed by atoms with Crippen LogP contribution in [0.2, 0.25) is 0 Å². The minimum absolute atomic E-state index is 0.128. The Morgan fingerprint density at radius 2 is 1.85 bits per heavy atom. The number of aryl methyl sites for hydroxylation is 1. The monoisotopic (exact) mass is 368 g/mol. The summed E-state index contributed by atoms with van der Waals surface area (Å²) in [5.74, 6) is 0.963. The maximum atomic E-state index is 13.0. The van der Waals surface area contributed by atoms with E-state index in [1.165, 1.54) is 0 Å². The number of ether oxygens (including phenoxy) is 2. The topological polar surface area (TPSA) is 59.1 Å². The number of amides is 2. The lowest BCUT2D eigenvalue weighted by molar-refractivity contribution is -0.124. The van der Waals surface area contributed by atoms with Gasteiger partial charge in [-0.1, -0.05) is 17.7 Å². The molecule has 2 aromatic carbocycles. The van der Waals surface area contributed by atoms with Crippen molar-refractivity contribution in [3.8, 4) is 11.5 Å². The first kappa shape index (κ1) is 18.8. The van der Waals surface area contributed by atoms with Crippen LogP contribution in [0.5, 0.6) is 11.5 Å². The van der Waals surface area contributed by atoms with Gasteiger partial charge in [0.15, 0.2) is 0 Å². The Kier molecular flexibility index (Phi) is 5.35. The van der Waals surface area contributed by atoms with E-state index in [4.69, 9.17) is 9.47 Å². The molecule has 0 N–H and O–H groups in total. The summed E-state index contributed by atoms with van der Waals surface area (Å²) < 4.78 is 10.7. The largest absolute Gasteiger partial charge is 0.497 e. The zero-order valence-corrected chi connectivity index (χ0v) is 16.1.